The molecule has 1 saturated heterocycles. The Balaban J connectivity index is 1.33. The van der Waals surface area contributed by atoms with E-state index in [1.807, 2.05) is 0 Å². The van der Waals surface area contributed by atoms with Gasteiger partial charge >= 0.3 is 0 Å². The molecule has 4 atom stereocenters. The predicted octanol–water partition coefficient (Wildman–Crippen LogP) is 0.707. The number of hydrogen-bond acceptors (Lipinski definition) is 4. The van der Waals surface area contributed by atoms with E-state index in [4.69, 9.17) is 9.47 Å². The zero-order valence-corrected chi connectivity index (χ0v) is 12.0. The number of ether oxygens (including phenoxy) is 2. The molecule has 3 rings (SSSR count). The first-order valence-corrected chi connectivity index (χ1v) is 7.84. The van der Waals surface area contributed by atoms with Gasteiger partial charge in [-0.3, -0.25) is 4.79 Å². The highest BCUT2D eigenvalue weighted by Gasteiger charge is 2.54. The van der Waals surface area contributed by atoms with Crippen molar-refractivity contribution in [2.24, 2.45) is 17.8 Å². The molecule has 0 aromatic rings. The standard InChI is InChI=1S/C15H25NO4/c17-14(15(18)8-11-1-2-13(15)7-11)16-4-6-20-10-12-3-5-19-9-12/h11-13,18H,1-10H2,(H,16,17). The fraction of sp³-hybridized carbons (Fsp3) is 0.933. The van der Waals surface area contributed by atoms with Gasteiger partial charge in [-0.05, 0) is 43.9 Å². The van der Waals surface area contributed by atoms with Crippen LogP contribution in [-0.4, -0.2) is 49.6 Å². The summed E-state index contributed by atoms with van der Waals surface area (Å²) in [5.74, 6) is 1.02. The van der Waals surface area contributed by atoms with E-state index in [0.29, 0.717) is 38.0 Å². The SMILES string of the molecule is O=C(NCCOCC1CCOC1)C1(O)CC2CCC1C2. The molecule has 2 aliphatic carbocycles. The summed E-state index contributed by atoms with van der Waals surface area (Å²) in [6, 6.07) is 0. The van der Waals surface area contributed by atoms with Crippen molar-refractivity contribution in [2.75, 3.05) is 33.0 Å². The van der Waals surface area contributed by atoms with Crippen LogP contribution in [0.15, 0.2) is 0 Å². The summed E-state index contributed by atoms with van der Waals surface area (Å²) in [4.78, 5) is 12.1. The van der Waals surface area contributed by atoms with Gasteiger partial charge in [0.1, 0.15) is 5.60 Å². The average Bonchev–Trinajstić information content (AvgIpc) is 3.14. The van der Waals surface area contributed by atoms with E-state index in [2.05, 4.69) is 5.32 Å². The lowest BCUT2D eigenvalue weighted by Crippen LogP contribution is -2.51. The zero-order chi connectivity index (χ0) is 14.0. The molecule has 2 saturated carbocycles. The molecule has 0 radical (unpaired) electrons. The molecule has 4 unspecified atom stereocenters. The number of amides is 1. The quantitative estimate of drug-likeness (QED) is 0.704. The van der Waals surface area contributed by atoms with E-state index >= 15 is 0 Å². The number of hydrogen-bond donors (Lipinski definition) is 2. The van der Waals surface area contributed by atoms with Crippen molar-refractivity contribution in [2.45, 2.75) is 37.7 Å². The first-order valence-electron chi connectivity index (χ1n) is 7.84. The van der Waals surface area contributed by atoms with Gasteiger partial charge in [0.15, 0.2) is 0 Å². The highest BCUT2D eigenvalue weighted by molar-refractivity contribution is 5.85. The van der Waals surface area contributed by atoms with E-state index < -0.39 is 5.60 Å². The van der Waals surface area contributed by atoms with Crippen LogP contribution >= 0.6 is 0 Å². The Morgan fingerprint density at radius 3 is 2.95 bits per heavy atom. The fourth-order valence-electron chi connectivity index (χ4n) is 3.93. The third kappa shape index (κ3) is 2.85. The molecule has 5 nitrogen and oxygen atoms in total. The van der Waals surface area contributed by atoms with Gasteiger partial charge < -0.3 is 19.9 Å². The number of carbonyl (C=O) groups is 1. The van der Waals surface area contributed by atoms with Crippen molar-refractivity contribution in [1.82, 2.24) is 5.32 Å². The largest absolute Gasteiger partial charge is 0.381 e. The molecule has 0 aromatic heterocycles. The van der Waals surface area contributed by atoms with E-state index in [9.17, 15) is 9.90 Å². The number of nitrogens with one attached hydrogen (secondary N) is 1. The Morgan fingerprint density at radius 1 is 1.40 bits per heavy atom. The monoisotopic (exact) mass is 283 g/mol. The van der Waals surface area contributed by atoms with E-state index in [1.54, 1.807) is 0 Å². The zero-order valence-electron chi connectivity index (χ0n) is 12.0. The maximum absolute atomic E-state index is 12.1. The number of fused-ring (bicyclic) bond motifs is 2. The van der Waals surface area contributed by atoms with Gasteiger partial charge in [0.25, 0.3) is 5.91 Å². The van der Waals surface area contributed by atoms with Gasteiger partial charge in [-0.15, -0.1) is 0 Å². The summed E-state index contributed by atoms with van der Waals surface area (Å²) >= 11 is 0. The molecule has 1 aliphatic heterocycles. The summed E-state index contributed by atoms with van der Waals surface area (Å²) in [7, 11) is 0. The molecular formula is C15H25NO4. The summed E-state index contributed by atoms with van der Waals surface area (Å²) in [6.07, 6.45) is 4.89. The Kier molecular flexibility index (Phi) is 4.29. The Bertz CT molecular complexity index is 356. The van der Waals surface area contributed by atoms with Crippen LogP contribution in [0.25, 0.3) is 0 Å². The van der Waals surface area contributed by atoms with Crippen LogP contribution in [0.1, 0.15) is 32.1 Å². The molecule has 2 bridgehead atoms. The number of carbonyl (C=O) groups excluding carboxylic acids is 1. The second-order valence-electron chi connectivity index (χ2n) is 6.56. The van der Waals surface area contributed by atoms with Crippen molar-refractivity contribution in [3.05, 3.63) is 0 Å². The van der Waals surface area contributed by atoms with E-state index in [0.717, 1.165) is 32.5 Å². The molecule has 3 aliphatic rings. The van der Waals surface area contributed by atoms with Gasteiger partial charge in [-0.1, -0.05) is 0 Å². The Hall–Kier alpha value is -0.650. The third-order valence-electron chi connectivity index (χ3n) is 5.12. The molecular weight excluding hydrogens is 258 g/mol. The molecule has 114 valence electrons. The average molecular weight is 283 g/mol. The third-order valence-corrected chi connectivity index (χ3v) is 5.12. The Labute approximate surface area is 120 Å². The van der Waals surface area contributed by atoms with Gasteiger partial charge in [-0.2, -0.15) is 0 Å². The number of rotatable bonds is 6. The van der Waals surface area contributed by atoms with Crippen LogP contribution in [0, 0.1) is 17.8 Å². The molecule has 1 amide bonds. The minimum atomic E-state index is -1.11. The van der Waals surface area contributed by atoms with Gasteiger partial charge in [-0.25, -0.2) is 0 Å². The van der Waals surface area contributed by atoms with Crippen LogP contribution < -0.4 is 5.32 Å². The molecule has 0 aromatic carbocycles. The topological polar surface area (TPSA) is 67.8 Å². The highest BCUT2D eigenvalue weighted by atomic mass is 16.5. The van der Waals surface area contributed by atoms with Crippen LogP contribution in [0.3, 0.4) is 0 Å². The van der Waals surface area contributed by atoms with Crippen LogP contribution in [0.2, 0.25) is 0 Å². The first kappa shape index (κ1) is 14.3. The second-order valence-corrected chi connectivity index (χ2v) is 6.56. The van der Waals surface area contributed by atoms with Crippen LogP contribution in [0.4, 0.5) is 0 Å². The fourth-order valence-corrected chi connectivity index (χ4v) is 3.93. The lowest BCUT2D eigenvalue weighted by atomic mass is 9.83. The second kappa shape index (κ2) is 6.00. The van der Waals surface area contributed by atoms with Crippen molar-refractivity contribution in [3.63, 3.8) is 0 Å². The summed E-state index contributed by atoms with van der Waals surface area (Å²) in [5, 5.41) is 13.3. The van der Waals surface area contributed by atoms with Crippen molar-refractivity contribution < 1.29 is 19.4 Å². The molecule has 2 N–H and O–H groups in total. The molecule has 3 fully saturated rings. The smallest absolute Gasteiger partial charge is 0.252 e. The first-order chi connectivity index (χ1) is 9.68. The van der Waals surface area contributed by atoms with Crippen molar-refractivity contribution in [1.29, 1.82) is 0 Å². The predicted molar refractivity (Wildman–Crippen MR) is 73.2 cm³/mol. The molecule has 20 heavy (non-hydrogen) atoms. The maximum atomic E-state index is 12.1. The molecule has 5 heteroatoms. The van der Waals surface area contributed by atoms with E-state index in [-0.39, 0.29) is 11.8 Å². The lowest BCUT2D eigenvalue weighted by molar-refractivity contribution is -0.145. The van der Waals surface area contributed by atoms with Crippen LogP contribution in [0.5, 0.6) is 0 Å². The number of aliphatic hydroxyl groups is 1. The molecule has 1 heterocycles. The van der Waals surface area contributed by atoms with Crippen molar-refractivity contribution in [3.8, 4) is 0 Å². The normalized spacial score (nSPS) is 39.4. The minimum Gasteiger partial charge on any atom is -0.381 e. The van der Waals surface area contributed by atoms with Crippen LogP contribution in [-0.2, 0) is 14.3 Å². The van der Waals surface area contributed by atoms with E-state index in [1.165, 1.54) is 6.42 Å². The van der Waals surface area contributed by atoms with Crippen molar-refractivity contribution >= 4 is 5.91 Å². The highest BCUT2D eigenvalue weighted by Crippen LogP contribution is 2.50. The van der Waals surface area contributed by atoms with Gasteiger partial charge in [0.2, 0.25) is 0 Å². The maximum Gasteiger partial charge on any atom is 0.252 e. The lowest BCUT2D eigenvalue weighted by Gasteiger charge is -2.30. The molecule has 0 spiro atoms. The Morgan fingerprint density at radius 2 is 2.30 bits per heavy atom. The summed E-state index contributed by atoms with van der Waals surface area (Å²) in [6.45, 7) is 3.30. The summed E-state index contributed by atoms with van der Waals surface area (Å²) < 4.78 is 10.8. The minimum absolute atomic E-state index is 0.170. The summed E-state index contributed by atoms with van der Waals surface area (Å²) in [5.41, 5.74) is -1.11. The van der Waals surface area contributed by atoms with Gasteiger partial charge in [0.05, 0.1) is 19.8 Å². The van der Waals surface area contributed by atoms with Gasteiger partial charge in [0, 0.05) is 19.1 Å².